The molecule has 0 spiro atoms. The van der Waals surface area contributed by atoms with Gasteiger partial charge in [-0.15, -0.1) is 0 Å². The second-order valence-corrected chi connectivity index (χ2v) is 8.07. The van der Waals surface area contributed by atoms with Gasteiger partial charge >= 0.3 is 6.03 Å². The first-order valence-electron chi connectivity index (χ1n) is 10.9. The van der Waals surface area contributed by atoms with Crippen molar-refractivity contribution in [2.45, 2.75) is 31.7 Å². The minimum Gasteiger partial charge on any atom is -0.350 e. The SMILES string of the molecule is O=C1CN(c2ccc(C(=O)NCC(c3ccccc3)N3CCCCCC3)cc2)C(=O)N1. The molecule has 0 bridgehead atoms. The van der Waals surface area contributed by atoms with E-state index < -0.39 is 6.03 Å². The molecule has 162 valence electrons. The molecule has 4 amide bonds. The van der Waals surface area contributed by atoms with Gasteiger partial charge in [-0.3, -0.25) is 24.7 Å². The smallest absolute Gasteiger partial charge is 0.329 e. The topological polar surface area (TPSA) is 81.8 Å². The van der Waals surface area contributed by atoms with Gasteiger partial charge in [0.2, 0.25) is 5.91 Å². The Morgan fingerprint density at radius 3 is 2.23 bits per heavy atom. The molecule has 1 unspecified atom stereocenters. The first-order chi connectivity index (χ1) is 15.1. The van der Waals surface area contributed by atoms with Gasteiger partial charge in [0.25, 0.3) is 5.91 Å². The van der Waals surface area contributed by atoms with Crippen LogP contribution in [0.3, 0.4) is 0 Å². The van der Waals surface area contributed by atoms with E-state index in [4.69, 9.17) is 0 Å². The summed E-state index contributed by atoms with van der Waals surface area (Å²) in [5.74, 6) is -0.475. The van der Waals surface area contributed by atoms with Crippen LogP contribution in [0.15, 0.2) is 54.6 Å². The largest absolute Gasteiger partial charge is 0.350 e. The highest BCUT2D eigenvalue weighted by atomic mass is 16.2. The van der Waals surface area contributed by atoms with Crippen LogP contribution < -0.4 is 15.5 Å². The number of carbonyl (C=O) groups is 3. The Hall–Kier alpha value is -3.19. The lowest BCUT2D eigenvalue weighted by molar-refractivity contribution is -0.117. The average molecular weight is 421 g/mol. The highest BCUT2D eigenvalue weighted by molar-refractivity contribution is 6.12. The molecule has 0 saturated carbocycles. The number of likely N-dealkylation sites (tertiary alicyclic amines) is 1. The van der Waals surface area contributed by atoms with Crippen LogP contribution in [0.5, 0.6) is 0 Å². The molecule has 2 N–H and O–H groups in total. The standard InChI is InChI=1S/C24H28N4O3/c29-22-17-28(24(31)26-22)20-12-10-19(11-13-20)23(30)25-16-21(18-8-4-3-5-9-18)27-14-6-1-2-7-15-27/h3-5,8-13,21H,1-2,6-7,14-17H2,(H,25,30)(H,26,29,31). The number of amides is 4. The van der Waals surface area contributed by atoms with Crippen molar-refractivity contribution >= 4 is 23.5 Å². The third-order valence-corrected chi connectivity index (χ3v) is 5.96. The Balaban J connectivity index is 1.42. The summed E-state index contributed by atoms with van der Waals surface area (Å²) in [7, 11) is 0. The summed E-state index contributed by atoms with van der Waals surface area (Å²) < 4.78 is 0. The van der Waals surface area contributed by atoms with E-state index >= 15 is 0 Å². The highest BCUT2D eigenvalue weighted by Crippen LogP contribution is 2.24. The zero-order chi connectivity index (χ0) is 21.6. The van der Waals surface area contributed by atoms with Crippen molar-refractivity contribution in [3.8, 4) is 0 Å². The summed E-state index contributed by atoms with van der Waals surface area (Å²) in [5.41, 5.74) is 2.33. The van der Waals surface area contributed by atoms with Crippen molar-refractivity contribution in [3.63, 3.8) is 0 Å². The molecule has 0 aliphatic carbocycles. The number of urea groups is 1. The lowest BCUT2D eigenvalue weighted by Crippen LogP contribution is -2.38. The number of rotatable bonds is 6. The predicted molar refractivity (Wildman–Crippen MR) is 119 cm³/mol. The first-order valence-corrected chi connectivity index (χ1v) is 10.9. The number of benzene rings is 2. The Bertz CT molecular complexity index is 922. The molecule has 2 fully saturated rings. The molecular formula is C24H28N4O3. The van der Waals surface area contributed by atoms with E-state index in [1.165, 1.54) is 36.1 Å². The van der Waals surface area contributed by atoms with Crippen LogP contribution in [0.2, 0.25) is 0 Å². The van der Waals surface area contributed by atoms with Crippen molar-refractivity contribution < 1.29 is 14.4 Å². The summed E-state index contributed by atoms with van der Waals surface area (Å²) in [6.45, 7) is 2.62. The highest BCUT2D eigenvalue weighted by Gasteiger charge is 2.28. The molecule has 2 aliphatic rings. The molecule has 2 aliphatic heterocycles. The maximum Gasteiger partial charge on any atom is 0.329 e. The van der Waals surface area contributed by atoms with E-state index in [-0.39, 0.29) is 24.4 Å². The molecule has 2 aromatic carbocycles. The average Bonchev–Trinajstić information content (AvgIpc) is 2.96. The Morgan fingerprint density at radius 1 is 0.935 bits per heavy atom. The van der Waals surface area contributed by atoms with Crippen LogP contribution in [0.4, 0.5) is 10.5 Å². The van der Waals surface area contributed by atoms with Crippen LogP contribution in [0.1, 0.15) is 47.6 Å². The van der Waals surface area contributed by atoms with Crippen LogP contribution in [-0.2, 0) is 4.79 Å². The van der Waals surface area contributed by atoms with Gasteiger partial charge in [-0.25, -0.2) is 4.79 Å². The van der Waals surface area contributed by atoms with E-state index in [0.29, 0.717) is 17.8 Å². The molecule has 0 radical (unpaired) electrons. The van der Waals surface area contributed by atoms with Gasteiger partial charge in [-0.05, 0) is 55.8 Å². The second kappa shape index (κ2) is 9.75. The molecule has 1 atom stereocenters. The third-order valence-electron chi connectivity index (χ3n) is 5.96. The quantitative estimate of drug-likeness (QED) is 0.704. The van der Waals surface area contributed by atoms with Gasteiger partial charge < -0.3 is 5.32 Å². The Labute approximate surface area is 182 Å². The van der Waals surface area contributed by atoms with E-state index in [1.807, 2.05) is 18.2 Å². The predicted octanol–water partition coefficient (Wildman–Crippen LogP) is 3.09. The number of hydrogen-bond donors (Lipinski definition) is 2. The lowest BCUT2D eigenvalue weighted by atomic mass is 10.0. The molecule has 31 heavy (non-hydrogen) atoms. The molecule has 2 aromatic rings. The molecule has 2 heterocycles. The van der Waals surface area contributed by atoms with E-state index in [2.05, 4.69) is 27.7 Å². The third kappa shape index (κ3) is 5.11. The first kappa shape index (κ1) is 21.1. The van der Waals surface area contributed by atoms with Gasteiger partial charge in [-0.2, -0.15) is 0 Å². The van der Waals surface area contributed by atoms with Crippen molar-refractivity contribution in [1.29, 1.82) is 0 Å². The zero-order valence-corrected chi connectivity index (χ0v) is 17.5. The summed E-state index contributed by atoms with van der Waals surface area (Å²) in [4.78, 5) is 39.8. The molecular weight excluding hydrogens is 392 g/mol. The number of anilines is 1. The molecule has 7 nitrogen and oxygen atoms in total. The molecule has 0 aromatic heterocycles. The van der Waals surface area contributed by atoms with Gasteiger partial charge in [0.1, 0.15) is 6.54 Å². The van der Waals surface area contributed by atoms with Crippen LogP contribution >= 0.6 is 0 Å². The maximum absolute atomic E-state index is 12.8. The Morgan fingerprint density at radius 2 is 1.61 bits per heavy atom. The summed E-state index contributed by atoms with van der Waals surface area (Å²) >= 11 is 0. The maximum atomic E-state index is 12.8. The van der Waals surface area contributed by atoms with E-state index in [1.54, 1.807) is 24.3 Å². The fourth-order valence-corrected chi connectivity index (χ4v) is 4.27. The number of imide groups is 1. The van der Waals surface area contributed by atoms with Crippen LogP contribution in [-0.4, -0.2) is 48.9 Å². The number of hydrogen-bond acceptors (Lipinski definition) is 4. The van der Waals surface area contributed by atoms with Crippen molar-refractivity contribution in [2.75, 3.05) is 31.1 Å². The van der Waals surface area contributed by atoms with Gasteiger partial charge in [0.05, 0.1) is 6.04 Å². The number of nitrogens with zero attached hydrogens (tertiary/aromatic N) is 2. The summed E-state index contributed by atoms with van der Waals surface area (Å²) in [5, 5.41) is 5.34. The number of nitrogens with one attached hydrogen (secondary N) is 2. The fourth-order valence-electron chi connectivity index (χ4n) is 4.27. The minimum absolute atomic E-state index is 0.00103. The summed E-state index contributed by atoms with van der Waals surface area (Å²) in [6.07, 6.45) is 4.89. The second-order valence-electron chi connectivity index (χ2n) is 8.07. The minimum atomic E-state index is -0.439. The molecule has 4 rings (SSSR count). The van der Waals surface area contributed by atoms with Crippen molar-refractivity contribution in [1.82, 2.24) is 15.5 Å². The monoisotopic (exact) mass is 420 g/mol. The van der Waals surface area contributed by atoms with Gasteiger partial charge in [0, 0.05) is 17.8 Å². The van der Waals surface area contributed by atoms with E-state index in [0.717, 1.165) is 13.1 Å². The normalized spacial score (nSPS) is 18.4. The molecule has 2 saturated heterocycles. The summed E-state index contributed by atoms with van der Waals surface area (Å²) in [6, 6.07) is 16.8. The van der Waals surface area contributed by atoms with Crippen LogP contribution in [0, 0.1) is 0 Å². The lowest BCUT2D eigenvalue weighted by Gasteiger charge is -2.31. The Kier molecular flexibility index (Phi) is 6.62. The zero-order valence-electron chi connectivity index (χ0n) is 17.5. The van der Waals surface area contributed by atoms with Crippen LogP contribution in [0.25, 0.3) is 0 Å². The van der Waals surface area contributed by atoms with Gasteiger partial charge in [-0.1, -0.05) is 43.2 Å². The van der Waals surface area contributed by atoms with Gasteiger partial charge in [0.15, 0.2) is 0 Å². The van der Waals surface area contributed by atoms with E-state index in [9.17, 15) is 14.4 Å². The molecule has 7 heteroatoms. The fraction of sp³-hybridized carbons (Fsp3) is 0.375. The number of carbonyl (C=O) groups excluding carboxylic acids is 3. The van der Waals surface area contributed by atoms with Crippen molar-refractivity contribution in [2.24, 2.45) is 0 Å². The van der Waals surface area contributed by atoms with Crippen molar-refractivity contribution in [3.05, 3.63) is 65.7 Å².